The molecular weight excluding hydrogens is 362 g/mol. The Bertz CT molecular complexity index is 920. The molecule has 1 aromatic carbocycles. The van der Waals surface area contributed by atoms with Gasteiger partial charge in [-0.25, -0.2) is 4.68 Å². The number of thioether (sulfide) groups is 1. The number of nitrogens with one attached hydrogen (secondary N) is 1. The molecule has 0 bridgehead atoms. The number of anilines is 1. The fourth-order valence-electron chi connectivity index (χ4n) is 2.55. The largest absolute Gasteiger partial charge is 0.411 e. The second-order valence-electron chi connectivity index (χ2n) is 6.36. The Morgan fingerprint density at radius 3 is 2.78 bits per heavy atom. The van der Waals surface area contributed by atoms with Crippen molar-refractivity contribution >= 4 is 23.5 Å². The number of benzene rings is 1. The molecule has 1 amide bonds. The zero-order chi connectivity index (χ0) is 19.4. The van der Waals surface area contributed by atoms with Gasteiger partial charge >= 0.3 is 0 Å². The van der Waals surface area contributed by atoms with Crippen LogP contribution in [0.15, 0.2) is 46.2 Å². The Labute approximate surface area is 162 Å². The molecule has 0 aliphatic rings. The average Bonchev–Trinajstić information content (AvgIpc) is 3.31. The molecule has 2 atom stereocenters. The van der Waals surface area contributed by atoms with E-state index in [4.69, 9.17) is 4.42 Å². The van der Waals surface area contributed by atoms with Gasteiger partial charge in [0.25, 0.3) is 5.22 Å². The number of hydrogen-bond acceptors (Lipinski definition) is 6. The van der Waals surface area contributed by atoms with Crippen molar-refractivity contribution in [3.8, 4) is 11.5 Å². The van der Waals surface area contributed by atoms with Crippen molar-refractivity contribution in [3.63, 3.8) is 0 Å². The lowest BCUT2D eigenvalue weighted by Crippen LogP contribution is -2.24. The maximum atomic E-state index is 12.5. The van der Waals surface area contributed by atoms with Crippen LogP contribution in [0.1, 0.15) is 38.8 Å². The van der Waals surface area contributed by atoms with Crippen LogP contribution in [0.5, 0.6) is 0 Å². The van der Waals surface area contributed by atoms with Gasteiger partial charge in [0.2, 0.25) is 11.8 Å². The first-order chi connectivity index (χ1) is 13.0. The van der Waals surface area contributed by atoms with E-state index in [2.05, 4.69) is 34.5 Å². The molecule has 0 spiro atoms. The molecule has 2 aromatic heterocycles. The predicted molar refractivity (Wildman–Crippen MR) is 106 cm³/mol. The number of rotatable bonds is 7. The standard InChI is InChI=1S/C19H23N5O2S/c1-5-13(3)24-16(10-11-20-24)21-17(25)14(4)27-19-23-22-18(26-19)15-9-7-6-8-12(15)2/h6-11,13-14H,5H2,1-4H3,(H,21,25)/t13-,14+/m0/s1. The van der Waals surface area contributed by atoms with Gasteiger partial charge in [-0.2, -0.15) is 5.10 Å². The highest BCUT2D eigenvalue weighted by molar-refractivity contribution is 8.00. The molecule has 0 saturated heterocycles. The summed E-state index contributed by atoms with van der Waals surface area (Å²) in [7, 11) is 0. The number of aryl methyl sites for hydroxylation is 1. The quantitative estimate of drug-likeness (QED) is 0.609. The predicted octanol–water partition coefficient (Wildman–Crippen LogP) is 4.33. The minimum atomic E-state index is -0.393. The molecule has 0 unspecified atom stereocenters. The topological polar surface area (TPSA) is 85.8 Å². The maximum absolute atomic E-state index is 12.5. The van der Waals surface area contributed by atoms with Crippen LogP contribution in [0.25, 0.3) is 11.5 Å². The molecular formula is C19H23N5O2S. The highest BCUT2D eigenvalue weighted by atomic mass is 32.2. The summed E-state index contributed by atoms with van der Waals surface area (Å²) in [4.78, 5) is 12.5. The highest BCUT2D eigenvalue weighted by Gasteiger charge is 2.21. The van der Waals surface area contributed by atoms with E-state index in [0.717, 1.165) is 17.5 Å². The van der Waals surface area contributed by atoms with Crippen molar-refractivity contribution in [1.82, 2.24) is 20.0 Å². The van der Waals surface area contributed by atoms with Crippen LogP contribution < -0.4 is 5.32 Å². The minimum absolute atomic E-state index is 0.138. The Balaban J connectivity index is 1.66. The van der Waals surface area contributed by atoms with E-state index in [1.165, 1.54) is 11.8 Å². The molecule has 27 heavy (non-hydrogen) atoms. The third kappa shape index (κ3) is 4.39. The summed E-state index contributed by atoms with van der Waals surface area (Å²) in [5, 5.41) is 15.3. The zero-order valence-corrected chi connectivity index (χ0v) is 16.7. The molecule has 3 aromatic rings. The fourth-order valence-corrected chi connectivity index (χ4v) is 3.23. The van der Waals surface area contributed by atoms with Gasteiger partial charge in [0.1, 0.15) is 5.82 Å². The minimum Gasteiger partial charge on any atom is -0.411 e. The molecule has 0 fully saturated rings. The summed E-state index contributed by atoms with van der Waals surface area (Å²) in [5.41, 5.74) is 1.95. The third-order valence-corrected chi connectivity index (χ3v) is 5.29. The number of carbonyl (C=O) groups is 1. The Hall–Kier alpha value is -2.61. The van der Waals surface area contributed by atoms with E-state index in [-0.39, 0.29) is 11.9 Å². The van der Waals surface area contributed by atoms with E-state index in [0.29, 0.717) is 16.9 Å². The first-order valence-electron chi connectivity index (χ1n) is 8.90. The first kappa shape index (κ1) is 19.2. The molecule has 7 nitrogen and oxygen atoms in total. The van der Waals surface area contributed by atoms with E-state index < -0.39 is 5.25 Å². The van der Waals surface area contributed by atoms with Crippen molar-refractivity contribution in [1.29, 1.82) is 0 Å². The third-order valence-electron chi connectivity index (χ3n) is 4.36. The molecule has 0 aliphatic carbocycles. The van der Waals surface area contributed by atoms with Crippen LogP contribution in [0.2, 0.25) is 0 Å². The molecule has 3 rings (SSSR count). The molecule has 0 saturated carbocycles. The molecule has 1 N–H and O–H groups in total. The van der Waals surface area contributed by atoms with Crippen molar-refractivity contribution in [3.05, 3.63) is 42.1 Å². The summed E-state index contributed by atoms with van der Waals surface area (Å²) in [6, 6.07) is 9.82. The van der Waals surface area contributed by atoms with Crippen molar-refractivity contribution < 1.29 is 9.21 Å². The Kier molecular flexibility index (Phi) is 5.95. The van der Waals surface area contributed by atoms with Crippen LogP contribution in [-0.4, -0.2) is 31.1 Å². The van der Waals surface area contributed by atoms with Gasteiger partial charge in [-0.3, -0.25) is 4.79 Å². The molecule has 8 heteroatoms. The Morgan fingerprint density at radius 2 is 2.04 bits per heavy atom. The smallest absolute Gasteiger partial charge is 0.277 e. The van der Waals surface area contributed by atoms with E-state index in [9.17, 15) is 4.79 Å². The summed E-state index contributed by atoms with van der Waals surface area (Å²) >= 11 is 1.23. The fraction of sp³-hybridized carbons (Fsp3) is 0.368. The van der Waals surface area contributed by atoms with Gasteiger partial charge < -0.3 is 9.73 Å². The molecule has 2 heterocycles. The maximum Gasteiger partial charge on any atom is 0.277 e. The van der Waals surface area contributed by atoms with Crippen LogP contribution in [-0.2, 0) is 4.79 Å². The van der Waals surface area contributed by atoms with E-state index >= 15 is 0 Å². The summed E-state index contributed by atoms with van der Waals surface area (Å²) in [5.74, 6) is 1.01. The molecule has 0 aliphatic heterocycles. The summed E-state index contributed by atoms with van der Waals surface area (Å²) in [6.45, 7) is 7.94. The molecule has 0 radical (unpaired) electrons. The number of aromatic nitrogens is 4. The van der Waals surface area contributed by atoms with E-state index in [1.807, 2.05) is 42.8 Å². The highest BCUT2D eigenvalue weighted by Crippen LogP contribution is 2.28. The zero-order valence-electron chi connectivity index (χ0n) is 15.8. The SMILES string of the molecule is CC[C@H](C)n1nccc1NC(=O)[C@@H](C)Sc1nnc(-c2ccccc2C)o1. The lowest BCUT2D eigenvalue weighted by molar-refractivity contribution is -0.115. The number of carbonyl (C=O) groups excluding carboxylic acids is 1. The van der Waals surface area contributed by atoms with Crippen LogP contribution >= 0.6 is 11.8 Å². The monoisotopic (exact) mass is 385 g/mol. The molecule has 142 valence electrons. The lowest BCUT2D eigenvalue weighted by atomic mass is 10.1. The van der Waals surface area contributed by atoms with Crippen LogP contribution in [0.3, 0.4) is 0 Å². The summed E-state index contributed by atoms with van der Waals surface area (Å²) < 4.78 is 7.55. The van der Waals surface area contributed by atoms with Gasteiger partial charge in [0, 0.05) is 11.6 Å². The van der Waals surface area contributed by atoms with Gasteiger partial charge in [0.05, 0.1) is 17.5 Å². The van der Waals surface area contributed by atoms with Gasteiger partial charge in [0.15, 0.2) is 0 Å². The van der Waals surface area contributed by atoms with Crippen molar-refractivity contribution in [2.45, 2.75) is 50.6 Å². The second kappa shape index (κ2) is 8.39. The first-order valence-corrected chi connectivity index (χ1v) is 9.78. The van der Waals surface area contributed by atoms with Crippen molar-refractivity contribution in [2.24, 2.45) is 0 Å². The second-order valence-corrected chi connectivity index (χ2v) is 7.65. The number of hydrogen-bond donors (Lipinski definition) is 1. The normalized spacial score (nSPS) is 13.3. The van der Waals surface area contributed by atoms with Gasteiger partial charge in [-0.15, -0.1) is 10.2 Å². The number of amides is 1. The average molecular weight is 385 g/mol. The van der Waals surface area contributed by atoms with Gasteiger partial charge in [-0.1, -0.05) is 36.9 Å². The van der Waals surface area contributed by atoms with Gasteiger partial charge in [-0.05, 0) is 38.8 Å². The summed E-state index contributed by atoms with van der Waals surface area (Å²) in [6.07, 6.45) is 2.62. The van der Waals surface area contributed by atoms with Crippen molar-refractivity contribution in [2.75, 3.05) is 5.32 Å². The van der Waals surface area contributed by atoms with E-state index in [1.54, 1.807) is 12.3 Å². The van der Waals surface area contributed by atoms with Crippen LogP contribution in [0, 0.1) is 6.92 Å². The van der Waals surface area contributed by atoms with Crippen LogP contribution in [0.4, 0.5) is 5.82 Å². The lowest BCUT2D eigenvalue weighted by Gasteiger charge is -2.15. The number of nitrogens with zero attached hydrogens (tertiary/aromatic N) is 4. The Morgan fingerprint density at radius 1 is 1.26 bits per heavy atom.